The Hall–Kier alpha value is -3.41. The first-order valence-corrected chi connectivity index (χ1v) is 13.8. The number of aromatic amines is 1. The molecule has 1 aromatic heterocycles. The van der Waals surface area contributed by atoms with Gasteiger partial charge >= 0.3 is 0 Å². The molecule has 2 saturated heterocycles. The lowest BCUT2D eigenvalue weighted by Gasteiger charge is -2.43. The molecule has 1 N–H and O–H groups in total. The van der Waals surface area contributed by atoms with Crippen molar-refractivity contribution in [1.82, 2.24) is 14.8 Å². The topological polar surface area (TPSA) is 73.5 Å². The summed E-state index contributed by atoms with van der Waals surface area (Å²) < 4.78 is 0. The van der Waals surface area contributed by atoms with Gasteiger partial charge in [-0.15, -0.1) is 0 Å². The third-order valence-electron chi connectivity index (χ3n) is 8.80. The number of piperidine rings is 2. The number of carbonyl (C=O) groups is 3. The molecule has 2 aromatic carbocycles. The number of H-pyrrole nitrogens is 1. The van der Waals surface area contributed by atoms with Crippen molar-refractivity contribution in [2.24, 2.45) is 5.92 Å². The van der Waals surface area contributed by atoms with E-state index in [1.54, 1.807) is 0 Å². The van der Waals surface area contributed by atoms with Gasteiger partial charge in [0.2, 0.25) is 0 Å². The highest BCUT2D eigenvalue weighted by Crippen LogP contribution is 2.33. The predicted octanol–water partition coefficient (Wildman–Crippen LogP) is 5.54. The van der Waals surface area contributed by atoms with E-state index in [0.29, 0.717) is 23.6 Å². The fraction of sp³-hybridized carbons (Fsp3) is 0.452. The van der Waals surface area contributed by atoms with Crippen LogP contribution in [-0.4, -0.2) is 58.1 Å². The number of amides is 2. The van der Waals surface area contributed by atoms with Crippen LogP contribution in [0.3, 0.4) is 0 Å². The molecule has 37 heavy (non-hydrogen) atoms. The number of ketones is 1. The van der Waals surface area contributed by atoms with Crippen LogP contribution in [0.2, 0.25) is 0 Å². The highest BCUT2D eigenvalue weighted by atomic mass is 16.2. The van der Waals surface area contributed by atoms with Crippen molar-refractivity contribution in [3.63, 3.8) is 0 Å². The molecule has 1 aliphatic carbocycles. The standard InChI is InChI=1S/C31H35N3O3/c1-20-6-4-8-26-25(20)19-27(32-26)31(37)33-16-13-21(14-17-33)28-9-2-3-15-34(28)30(36)23-11-12-24-22(18-23)7-5-10-29(24)35/h4,6,8,11-12,18-19,21,28,32H,2-3,5,7,9-10,13-17H2,1H3. The molecule has 0 spiro atoms. The van der Waals surface area contributed by atoms with Gasteiger partial charge in [0, 0.05) is 54.1 Å². The van der Waals surface area contributed by atoms with Crippen molar-refractivity contribution < 1.29 is 14.4 Å². The summed E-state index contributed by atoms with van der Waals surface area (Å²) in [5.74, 6) is 0.754. The third kappa shape index (κ3) is 4.47. The van der Waals surface area contributed by atoms with E-state index in [2.05, 4.69) is 22.9 Å². The van der Waals surface area contributed by atoms with Gasteiger partial charge in [-0.1, -0.05) is 18.2 Å². The van der Waals surface area contributed by atoms with Gasteiger partial charge in [0.05, 0.1) is 0 Å². The van der Waals surface area contributed by atoms with Gasteiger partial charge in [-0.3, -0.25) is 14.4 Å². The van der Waals surface area contributed by atoms with E-state index >= 15 is 0 Å². The number of aromatic nitrogens is 1. The second-order valence-corrected chi connectivity index (χ2v) is 11.1. The highest BCUT2D eigenvalue weighted by Gasteiger charge is 2.36. The molecule has 0 radical (unpaired) electrons. The summed E-state index contributed by atoms with van der Waals surface area (Å²) in [6.07, 6.45) is 7.36. The van der Waals surface area contributed by atoms with Crippen molar-refractivity contribution in [1.29, 1.82) is 0 Å². The molecule has 2 amide bonds. The predicted molar refractivity (Wildman–Crippen MR) is 144 cm³/mol. The minimum absolute atomic E-state index is 0.0641. The Kier molecular flexibility index (Phi) is 6.35. The summed E-state index contributed by atoms with van der Waals surface area (Å²) in [6.45, 7) is 4.29. The lowest BCUT2D eigenvalue weighted by Crippen LogP contribution is -2.51. The number of aryl methyl sites for hydroxylation is 2. The Bertz CT molecular complexity index is 1370. The number of hydrogen-bond acceptors (Lipinski definition) is 3. The van der Waals surface area contributed by atoms with E-state index < -0.39 is 0 Å². The molecule has 1 atom stereocenters. The quantitative estimate of drug-likeness (QED) is 0.516. The summed E-state index contributed by atoms with van der Waals surface area (Å²) >= 11 is 0. The van der Waals surface area contributed by atoms with Crippen molar-refractivity contribution in [3.05, 3.63) is 70.4 Å². The largest absolute Gasteiger partial charge is 0.351 e. The van der Waals surface area contributed by atoms with Gasteiger partial charge < -0.3 is 14.8 Å². The molecule has 3 aromatic rings. The molecule has 3 aliphatic rings. The number of hydrogen-bond donors (Lipinski definition) is 1. The Morgan fingerprint density at radius 3 is 2.54 bits per heavy atom. The van der Waals surface area contributed by atoms with Crippen LogP contribution in [-0.2, 0) is 6.42 Å². The molecule has 2 fully saturated rings. The number of fused-ring (bicyclic) bond motifs is 2. The zero-order valence-corrected chi connectivity index (χ0v) is 21.6. The Labute approximate surface area is 218 Å². The molecular formula is C31H35N3O3. The van der Waals surface area contributed by atoms with Gasteiger partial charge in [0.1, 0.15) is 5.69 Å². The van der Waals surface area contributed by atoms with Crippen LogP contribution in [0.15, 0.2) is 42.5 Å². The SMILES string of the molecule is Cc1cccc2[nH]c(C(=O)N3CCC(C4CCCCN4C(=O)c4ccc5c(c4)CCCC5=O)CC3)cc12. The van der Waals surface area contributed by atoms with Crippen LogP contribution in [0.1, 0.15) is 87.3 Å². The Balaban J connectivity index is 1.14. The molecule has 0 saturated carbocycles. The molecule has 1 unspecified atom stereocenters. The molecule has 6 heteroatoms. The van der Waals surface area contributed by atoms with Crippen LogP contribution in [0.25, 0.3) is 10.9 Å². The third-order valence-corrected chi connectivity index (χ3v) is 8.80. The van der Waals surface area contributed by atoms with Crippen molar-refractivity contribution in [3.8, 4) is 0 Å². The molecule has 2 aliphatic heterocycles. The van der Waals surface area contributed by atoms with Crippen molar-refractivity contribution >= 4 is 28.5 Å². The molecule has 6 rings (SSSR count). The van der Waals surface area contributed by atoms with Crippen molar-refractivity contribution in [2.75, 3.05) is 19.6 Å². The van der Waals surface area contributed by atoms with Crippen molar-refractivity contribution in [2.45, 2.75) is 64.3 Å². The van der Waals surface area contributed by atoms with Gasteiger partial charge in [-0.2, -0.15) is 0 Å². The first-order valence-electron chi connectivity index (χ1n) is 13.8. The van der Waals surface area contributed by atoms with E-state index in [1.165, 1.54) is 5.56 Å². The number of Topliss-reactive ketones (excluding diaryl/α,β-unsaturated/α-hetero) is 1. The summed E-state index contributed by atoms with van der Waals surface area (Å²) in [5, 5.41) is 1.10. The lowest BCUT2D eigenvalue weighted by atomic mass is 9.83. The zero-order chi connectivity index (χ0) is 25.5. The first-order chi connectivity index (χ1) is 18.0. The van der Waals surface area contributed by atoms with Crippen LogP contribution in [0.5, 0.6) is 0 Å². The summed E-state index contributed by atoms with van der Waals surface area (Å²) in [7, 11) is 0. The van der Waals surface area contributed by atoms with Crippen LogP contribution < -0.4 is 0 Å². The van der Waals surface area contributed by atoms with E-state index in [1.807, 2.05) is 41.3 Å². The maximum atomic E-state index is 13.7. The summed E-state index contributed by atoms with van der Waals surface area (Å²) in [5.41, 5.74) is 5.35. The molecule has 6 nitrogen and oxygen atoms in total. The van der Waals surface area contributed by atoms with Gasteiger partial charge in [-0.05, 0) is 93.2 Å². The monoisotopic (exact) mass is 497 g/mol. The van der Waals surface area contributed by atoms with Gasteiger partial charge in [0.25, 0.3) is 11.8 Å². The lowest BCUT2D eigenvalue weighted by molar-refractivity contribution is 0.0373. The normalized spacial score (nSPS) is 20.8. The number of nitrogens with zero attached hydrogens (tertiary/aromatic N) is 2. The minimum Gasteiger partial charge on any atom is -0.351 e. The number of likely N-dealkylation sites (tertiary alicyclic amines) is 2. The second kappa shape index (κ2) is 9.81. The van der Waals surface area contributed by atoms with Crippen LogP contribution in [0, 0.1) is 12.8 Å². The molecule has 0 bridgehead atoms. The molecule has 3 heterocycles. The summed E-state index contributed by atoms with van der Waals surface area (Å²) in [6, 6.07) is 14.0. The maximum absolute atomic E-state index is 13.7. The zero-order valence-electron chi connectivity index (χ0n) is 21.6. The summed E-state index contributed by atoms with van der Waals surface area (Å²) in [4.78, 5) is 46.5. The van der Waals surface area contributed by atoms with Crippen LogP contribution >= 0.6 is 0 Å². The number of rotatable bonds is 3. The molecular weight excluding hydrogens is 462 g/mol. The van der Waals surface area contributed by atoms with E-state index in [0.717, 1.165) is 86.6 Å². The average molecular weight is 498 g/mol. The number of carbonyl (C=O) groups excluding carboxylic acids is 3. The Morgan fingerprint density at radius 1 is 0.892 bits per heavy atom. The number of benzene rings is 2. The smallest absolute Gasteiger partial charge is 0.270 e. The molecule has 192 valence electrons. The van der Waals surface area contributed by atoms with E-state index in [-0.39, 0.29) is 23.6 Å². The highest BCUT2D eigenvalue weighted by molar-refractivity contribution is 6.01. The second-order valence-electron chi connectivity index (χ2n) is 11.1. The van der Waals surface area contributed by atoms with E-state index in [4.69, 9.17) is 0 Å². The maximum Gasteiger partial charge on any atom is 0.270 e. The fourth-order valence-electron chi connectivity index (χ4n) is 6.72. The van der Waals surface area contributed by atoms with Crippen LogP contribution in [0.4, 0.5) is 0 Å². The number of nitrogens with one attached hydrogen (secondary N) is 1. The van der Waals surface area contributed by atoms with Gasteiger partial charge in [-0.25, -0.2) is 0 Å². The van der Waals surface area contributed by atoms with Gasteiger partial charge in [0.15, 0.2) is 5.78 Å². The Morgan fingerprint density at radius 2 is 1.73 bits per heavy atom. The van der Waals surface area contributed by atoms with E-state index in [9.17, 15) is 14.4 Å². The average Bonchev–Trinajstić information content (AvgIpc) is 3.38. The first kappa shape index (κ1) is 24.0. The minimum atomic E-state index is 0.0641. The fourth-order valence-corrected chi connectivity index (χ4v) is 6.72.